The number of alkyl halides is 1. The second kappa shape index (κ2) is 8.05. The third kappa shape index (κ3) is 5.11. The van der Waals surface area contributed by atoms with Crippen LogP contribution < -0.4 is 10.1 Å². The molecule has 0 heterocycles. The van der Waals surface area contributed by atoms with Crippen LogP contribution in [0.2, 0.25) is 0 Å². The molecule has 0 aliphatic rings. The molecule has 19 heavy (non-hydrogen) atoms. The maximum Gasteiger partial charge on any atom is 0.238 e. The van der Waals surface area contributed by atoms with Crippen molar-refractivity contribution in [3.8, 4) is 5.75 Å². The molecule has 2 unspecified atom stereocenters. The van der Waals surface area contributed by atoms with E-state index in [0.29, 0.717) is 13.0 Å². The Morgan fingerprint density at radius 1 is 1.42 bits per heavy atom. The highest BCUT2D eigenvalue weighted by atomic mass is 35.5. The molecule has 1 rings (SSSR count). The Balaban J connectivity index is 2.64. The van der Waals surface area contributed by atoms with Gasteiger partial charge in [-0.1, -0.05) is 25.5 Å². The molecule has 1 amide bonds. The number of carbonyl (C=O) groups is 1. The van der Waals surface area contributed by atoms with Crippen molar-refractivity contribution in [2.75, 3.05) is 6.61 Å². The van der Waals surface area contributed by atoms with Crippen molar-refractivity contribution in [3.63, 3.8) is 0 Å². The zero-order chi connectivity index (χ0) is 14.3. The molecule has 0 aliphatic carbocycles. The molecule has 4 heteroatoms. The van der Waals surface area contributed by atoms with Gasteiger partial charge in [0.2, 0.25) is 5.91 Å². The van der Waals surface area contributed by atoms with E-state index in [9.17, 15) is 4.79 Å². The van der Waals surface area contributed by atoms with Crippen LogP contribution in [-0.2, 0) is 4.79 Å². The summed E-state index contributed by atoms with van der Waals surface area (Å²) in [6.07, 6.45) is 1.59. The van der Waals surface area contributed by atoms with Crippen molar-refractivity contribution in [2.45, 2.75) is 45.0 Å². The fraction of sp³-hybridized carbons (Fsp3) is 0.533. The first kappa shape index (κ1) is 15.8. The van der Waals surface area contributed by atoms with E-state index in [1.165, 1.54) is 0 Å². The number of ether oxygens (including phenoxy) is 1. The summed E-state index contributed by atoms with van der Waals surface area (Å²) in [4.78, 5) is 11.9. The highest BCUT2D eigenvalue weighted by molar-refractivity contribution is 6.30. The average Bonchev–Trinajstić information content (AvgIpc) is 2.39. The summed E-state index contributed by atoms with van der Waals surface area (Å²) in [5, 5.41) is 2.47. The van der Waals surface area contributed by atoms with E-state index in [0.717, 1.165) is 17.7 Å². The van der Waals surface area contributed by atoms with Gasteiger partial charge >= 0.3 is 0 Å². The normalized spacial score (nSPS) is 13.7. The van der Waals surface area contributed by atoms with Crippen LogP contribution in [0.15, 0.2) is 24.3 Å². The molecule has 1 aromatic rings. The Hall–Kier alpha value is -1.22. The Morgan fingerprint density at radius 2 is 2.16 bits per heavy atom. The lowest BCUT2D eigenvalue weighted by molar-refractivity contribution is -0.121. The molecule has 106 valence electrons. The Morgan fingerprint density at radius 3 is 2.79 bits per heavy atom. The number of rotatable bonds is 7. The Kier molecular flexibility index (Phi) is 6.71. The highest BCUT2D eigenvalue weighted by Crippen LogP contribution is 2.19. The maximum atomic E-state index is 11.9. The van der Waals surface area contributed by atoms with Crippen molar-refractivity contribution in [1.82, 2.24) is 5.32 Å². The number of benzene rings is 1. The van der Waals surface area contributed by atoms with Gasteiger partial charge in [-0.25, -0.2) is 0 Å². The van der Waals surface area contributed by atoms with Gasteiger partial charge in [0.25, 0.3) is 0 Å². The molecule has 0 saturated carbocycles. The molecule has 0 bridgehead atoms. The molecular weight excluding hydrogens is 262 g/mol. The van der Waals surface area contributed by atoms with Crippen molar-refractivity contribution in [3.05, 3.63) is 29.8 Å². The summed E-state index contributed by atoms with van der Waals surface area (Å²) < 4.78 is 5.45. The standard InChI is InChI=1S/C15H22ClNO2/c1-4-7-14(16)15(18)17-11(3)12-8-6-9-13(10-12)19-5-2/h6,8-11,14H,4-5,7H2,1-3H3,(H,17,18). The minimum absolute atomic E-state index is 0.0778. The molecule has 0 fully saturated rings. The highest BCUT2D eigenvalue weighted by Gasteiger charge is 2.17. The molecule has 0 aromatic heterocycles. The minimum atomic E-state index is -0.456. The van der Waals surface area contributed by atoms with Crippen LogP contribution in [0.25, 0.3) is 0 Å². The fourth-order valence-corrected chi connectivity index (χ4v) is 2.09. The van der Waals surface area contributed by atoms with E-state index in [1.807, 2.05) is 45.0 Å². The third-order valence-corrected chi connectivity index (χ3v) is 3.27. The molecule has 0 spiro atoms. The topological polar surface area (TPSA) is 38.3 Å². The monoisotopic (exact) mass is 283 g/mol. The predicted molar refractivity (Wildman–Crippen MR) is 78.7 cm³/mol. The number of hydrogen-bond donors (Lipinski definition) is 1. The fourth-order valence-electron chi connectivity index (χ4n) is 1.81. The number of hydrogen-bond acceptors (Lipinski definition) is 2. The summed E-state index contributed by atoms with van der Waals surface area (Å²) in [6, 6.07) is 7.66. The molecule has 3 nitrogen and oxygen atoms in total. The third-order valence-electron chi connectivity index (χ3n) is 2.85. The van der Waals surface area contributed by atoms with Gasteiger partial charge in [-0.05, 0) is 38.0 Å². The van der Waals surface area contributed by atoms with Gasteiger partial charge in [0.1, 0.15) is 11.1 Å². The smallest absolute Gasteiger partial charge is 0.238 e. The summed E-state index contributed by atoms with van der Waals surface area (Å²) in [7, 11) is 0. The quantitative estimate of drug-likeness (QED) is 0.776. The predicted octanol–water partition coefficient (Wildman–Crippen LogP) is 3.67. The van der Waals surface area contributed by atoms with Gasteiger partial charge in [0, 0.05) is 0 Å². The lowest BCUT2D eigenvalue weighted by Crippen LogP contribution is -2.33. The van der Waals surface area contributed by atoms with E-state index in [-0.39, 0.29) is 11.9 Å². The summed E-state index contributed by atoms with van der Waals surface area (Å²) in [5.41, 5.74) is 1.01. The van der Waals surface area contributed by atoms with Gasteiger partial charge in [-0.15, -0.1) is 11.6 Å². The Bertz CT molecular complexity index is 409. The van der Waals surface area contributed by atoms with Crippen LogP contribution in [0.1, 0.15) is 45.2 Å². The van der Waals surface area contributed by atoms with E-state index >= 15 is 0 Å². The van der Waals surface area contributed by atoms with Gasteiger partial charge < -0.3 is 10.1 Å². The first-order valence-corrected chi connectivity index (χ1v) is 7.19. The number of carbonyl (C=O) groups excluding carboxylic acids is 1. The molecule has 2 atom stereocenters. The van der Waals surface area contributed by atoms with Gasteiger partial charge in [0.15, 0.2) is 0 Å². The average molecular weight is 284 g/mol. The van der Waals surface area contributed by atoms with Gasteiger partial charge in [-0.2, -0.15) is 0 Å². The van der Waals surface area contributed by atoms with Crippen LogP contribution in [0.5, 0.6) is 5.75 Å². The zero-order valence-corrected chi connectivity index (χ0v) is 12.5. The summed E-state index contributed by atoms with van der Waals surface area (Å²) >= 11 is 6.01. The van der Waals surface area contributed by atoms with Crippen LogP contribution >= 0.6 is 11.6 Å². The zero-order valence-electron chi connectivity index (χ0n) is 11.8. The molecule has 0 saturated heterocycles. The van der Waals surface area contributed by atoms with Crippen molar-refractivity contribution in [2.24, 2.45) is 0 Å². The lowest BCUT2D eigenvalue weighted by Gasteiger charge is -2.17. The number of nitrogens with one attached hydrogen (secondary N) is 1. The van der Waals surface area contributed by atoms with Crippen LogP contribution in [0.3, 0.4) is 0 Å². The van der Waals surface area contributed by atoms with E-state index in [2.05, 4.69) is 5.32 Å². The van der Waals surface area contributed by atoms with Crippen molar-refractivity contribution >= 4 is 17.5 Å². The molecule has 0 aliphatic heterocycles. The van der Waals surface area contributed by atoms with E-state index in [1.54, 1.807) is 0 Å². The van der Waals surface area contributed by atoms with Crippen LogP contribution in [-0.4, -0.2) is 17.9 Å². The van der Waals surface area contributed by atoms with Gasteiger partial charge in [-0.3, -0.25) is 4.79 Å². The number of amides is 1. The van der Waals surface area contributed by atoms with Crippen LogP contribution in [0, 0.1) is 0 Å². The number of halogens is 1. The Labute approximate surface area is 120 Å². The summed E-state index contributed by atoms with van der Waals surface area (Å²) in [6.45, 7) is 6.53. The molecular formula is C15H22ClNO2. The first-order chi connectivity index (χ1) is 9.08. The van der Waals surface area contributed by atoms with Gasteiger partial charge in [0.05, 0.1) is 12.6 Å². The summed E-state index contributed by atoms with van der Waals surface area (Å²) in [5.74, 6) is 0.704. The van der Waals surface area contributed by atoms with Crippen molar-refractivity contribution in [1.29, 1.82) is 0 Å². The van der Waals surface area contributed by atoms with E-state index in [4.69, 9.17) is 16.3 Å². The second-order valence-corrected chi connectivity index (χ2v) is 5.02. The molecule has 1 N–H and O–H groups in total. The van der Waals surface area contributed by atoms with Crippen molar-refractivity contribution < 1.29 is 9.53 Å². The lowest BCUT2D eigenvalue weighted by atomic mass is 10.1. The molecule has 0 radical (unpaired) electrons. The second-order valence-electron chi connectivity index (χ2n) is 4.49. The molecule has 1 aromatic carbocycles. The first-order valence-electron chi connectivity index (χ1n) is 6.75. The minimum Gasteiger partial charge on any atom is -0.494 e. The maximum absolute atomic E-state index is 11.9. The van der Waals surface area contributed by atoms with Crippen LogP contribution in [0.4, 0.5) is 0 Å². The van der Waals surface area contributed by atoms with E-state index < -0.39 is 5.38 Å². The largest absolute Gasteiger partial charge is 0.494 e. The SMILES string of the molecule is CCCC(Cl)C(=O)NC(C)c1cccc(OCC)c1.